The van der Waals surface area contributed by atoms with Crippen molar-refractivity contribution < 1.29 is 24.0 Å². The minimum Gasteiger partial charge on any atom is -0.326 e. The highest BCUT2D eigenvalue weighted by molar-refractivity contribution is 6.05. The topological polar surface area (TPSA) is 155 Å². The van der Waals surface area contributed by atoms with Crippen LogP contribution in [0.3, 0.4) is 0 Å². The van der Waals surface area contributed by atoms with Gasteiger partial charge in [0.05, 0.1) is 11.9 Å². The van der Waals surface area contributed by atoms with E-state index in [2.05, 4.69) is 26.3 Å². The largest absolute Gasteiger partial charge is 0.326 e. The molecule has 5 amide bonds. The zero-order valence-electron chi connectivity index (χ0n) is 19.5. The highest BCUT2D eigenvalue weighted by atomic mass is 16.2. The maximum Gasteiger partial charge on any atom is 0.277 e. The zero-order chi connectivity index (χ0) is 25.7. The van der Waals surface area contributed by atoms with Crippen LogP contribution < -0.4 is 16.0 Å². The predicted molar refractivity (Wildman–Crippen MR) is 129 cm³/mol. The number of hydrogen-bond acceptors (Lipinski definition) is 7. The van der Waals surface area contributed by atoms with Crippen molar-refractivity contribution in [1.29, 1.82) is 0 Å². The quantitative estimate of drug-likeness (QED) is 0.455. The number of aryl methyl sites for hydroxylation is 1. The van der Waals surface area contributed by atoms with Gasteiger partial charge in [0.25, 0.3) is 11.8 Å². The van der Waals surface area contributed by atoms with Crippen molar-refractivity contribution in [3.05, 3.63) is 65.0 Å². The fraction of sp³-hybridized carbons (Fsp3) is 0.240. The first-order valence-electron chi connectivity index (χ1n) is 11.8. The van der Waals surface area contributed by atoms with Crippen LogP contribution in [0.5, 0.6) is 0 Å². The van der Waals surface area contributed by atoms with E-state index in [0.29, 0.717) is 29.8 Å². The molecule has 3 aliphatic rings. The van der Waals surface area contributed by atoms with Gasteiger partial charge in [-0.25, -0.2) is 4.68 Å². The molecule has 0 spiro atoms. The van der Waals surface area contributed by atoms with Gasteiger partial charge in [0.15, 0.2) is 5.69 Å². The molecule has 1 atom stereocenters. The predicted octanol–water partition coefficient (Wildman–Crippen LogP) is 1.17. The summed E-state index contributed by atoms with van der Waals surface area (Å²) in [6.07, 6.45) is 2.97. The van der Waals surface area contributed by atoms with E-state index >= 15 is 0 Å². The maximum atomic E-state index is 12.9. The molecule has 1 aromatic heterocycles. The lowest BCUT2D eigenvalue weighted by atomic mass is 10.0. The molecule has 2 aromatic carbocycles. The standard InChI is InChI=1S/C25H21N7O5/c33-21-7-1-13-9-15(2-5-18(13)27-21)26-23(35)19-12-32(30-29-19)16-3-4-17-14(10-16)11-31(25(17)37)20-6-8-22(34)28-24(20)36/h2-5,9-10,12,20H,1,6-8,11H2,(H,26,35)(H,27,33)(H,28,34,36). The molecule has 3 aliphatic heterocycles. The highest BCUT2D eigenvalue weighted by Gasteiger charge is 2.39. The Bertz CT molecular complexity index is 1510. The van der Waals surface area contributed by atoms with E-state index in [1.807, 2.05) is 6.07 Å². The van der Waals surface area contributed by atoms with E-state index < -0.39 is 17.9 Å². The molecule has 1 saturated heterocycles. The number of anilines is 2. The Labute approximate surface area is 210 Å². The number of nitrogens with zero attached hydrogens (tertiary/aromatic N) is 4. The molecule has 1 fully saturated rings. The minimum absolute atomic E-state index is 0.0273. The van der Waals surface area contributed by atoms with Crippen molar-refractivity contribution in [3.63, 3.8) is 0 Å². The van der Waals surface area contributed by atoms with E-state index in [1.165, 1.54) is 15.8 Å². The summed E-state index contributed by atoms with van der Waals surface area (Å²) >= 11 is 0. The van der Waals surface area contributed by atoms with Crippen LogP contribution in [0.2, 0.25) is 0 Å². The minimum atomic E-state index is -0.692. The lowest BCUT2D eigenvalue weighted by molar-refractivity contribution is -0.137. The number of nitrogens with one attached hydrogen (secondary N) is 3. The summed E-state index contributed by atoms with van der Waals surface area (Å²) in [4.78, 5) is 62.4. The molecule has 3 aromatic rings. The molecule has 4 heterocycles. The van der Waals surface area contributed by atoms with Crippen LogP contribution in [0.4, 0.5) is 11.4 Å². The van der Waals surface area contributed by atoms with Crippen LogP contribution in [0.15, 0.2) is 42.6 Å². The Balaban J connectivity index is 1.17. The number of amides is 5. The summed E-state index contributed by atoms with van der Waals surface area (Å²) in [5.74, 6) is -1.53. The normalized spacial score (nSPS) is 18.7. The van der Waals surface area contributed by atoms with Gasteiger partial charge in [0, 0.05) is 36.3 Å². The average molecular weight is 499 g/mol. The van der Waals surface area contributed by atoms with Crippen LogP contribution in [-0.4, -0.2) is 55.5 Å². The van der Waals surface area contributed by atoms with E-state index in [1.54, 1.807) is 30.3 Å². The molecule has 0 aliphatic carbocycles. The first-order chi connectivity index (χ1) is 17.9. The summed E-state index contributed by atoms with van der Waals surface area (Å²) in [6.45, 7) is 0.231. The number of piperidine rings is 1. The van der Waals surface area contributed by atoms with Crippen molar-refractivity contribution in [2.24, 2.45) is 0 Å². The molecule has 0 radical (unpaired) electrons. The van der Waals surface area contributed by atoms with Gasteiger partial charge in [-0.2, -0.15) is 0 Å². The van der Waals surface area contributed by atoms with E-state index in [-0.39, 0.29) is 42.8 Å². The second kappa shape index (κ2) is 8.66. The summed E-state index contributed by atoms with van der Waals surface area (Å²) in [7, 11) is 0. The molecule has 12 nitrogen and oxygen atoms in total. The molecule has 0 bridgehead atoms. The number of carbonyl (C=O) groups is 5. The lowest BCUT2D eigenvalue weighted by Gasteiger charge is -2.29. The van der Waals surface area contributed by atoms with Gasteiger partial charge in [0.1, 0.15) is 6.04 Å². The number of rotatable bonds is 4. The smallest absolute Gasteiger partial charge is 0.277 e. The third-order valence-electron chi connectivity index (χ3n) is 6.76. The van der Waals surface area contributed by atoms with Crippen LogP contribution in [0, 0.1) is 0 Å². The summed E-state index contributed by atoms with van der Waals surface area (Å²) in [5, 5.41) is 15.9. The fourth-order valence-corrected chi connectivity index (χ4v) is 4.85. The number of benzene rings is 2. The number of hydrogen-bond donors (Lipinski definition) is 3. The SMILES string of the molecule is O=C1CCC(N2Cc3cc(-n4cc(C(=O)Nc5ccc6c(c5)CCC(=O)N6)nn4)ccc3C2=O)C(=O)N1. The van der Waals surface area contributed by atoms with E-state index in [9.17, 15) is 24.0 Å². The molecule has 6 rings (SSSR count). The van der Waals surface area contributed by atoms with Crippen molar-refractivity contribution in [1.82, 2.24) is 25.2 Å². The number of aromatic nitrogens is 3. The third kappa shape index (κ3) is 4.11. The Morgan fingerprint density at radius 2 is 1.78 bits per heavy atom. The Morgan fingerprint density at radius 1 is 0.946 bits per heavy atom. The van der Waals surface area contributed by atoms with Gasteiger partial charge in [-0.05, 0) is 60.4 Å². The first kappa shape index (κ1) is 22.6. The zero-order valence-corrected chi connectivity index (χ0v) is 19.5. The van der Waals surface area contributed by atoms with Crippen molar-refractivity contribution in [2.45, 2.75) is 38.3 Å². The number of carbonyl (C=O) groups excluding carboxylic acids is 5. The summed E-state index contributed by atoms with van der Waals surface area (Å²) < 4.78 is 1.44. The Morgan fingerprint density at radius 3 is 2.62 bits per heavy atom. The second-order valence-corrected chi connectivity index (χ2v) is 9.16. The fourth-order valence-electron chi connectivity index (χ4n) is 4.85. The second-order valence-electron chi connectivity index (χ2n) is 9.16. The van der Waals surface area contributed by atoms with Crippen LogP contribution in [0.25, 0.3) is 5.69 Å². The molecule has 37 heavy (non-hydrogen) atoms. The maximum absolute atomic E-state index is 12.9. The van der Waals surface area contributed by atoms with Gasteiger partial charge in [-0.3, -0.25) is 29.3 Å². The Kier molecular flexibility index (Phi) is 5.29. The van der Waals surface area contributed by atoms with E-state index in [4.69, 9.17) is 0 Å². The average Bonchev–Trinajstić information content (AvgIpc) is 3.49. The van der Waals surface area contributed by atoms with E-state index in [0.717, 1.165) is 16.8 Å². The number of fused-ring (bicyclic) bond motifs is 2. The van der Waals surface area contributed by atoms with Gasteiger partial charge < -0.3 is 15.5 Å². The van der Waals surface area contributed by atoms with Crippen LogP contribution >= 0.6 is 0 Å². The van der Waals surface area contributed by atoms with Gasteiger partial charge in [0.2, 0.25) is 17.7 Å². The molecular formula is C25H21N7O5. The third-order valence-corrected chi connectivity index (χ3v) is 6.76. The first-order valence-corrected chi connectivity index (χ1v) is 11.8. The molecule has 3 N–H and O–H groups in total. The van der Waals surface area contributed by atoms with Crippen molar-refractivity contribution in [3.8, 4) is 5.69 Å². The molecular weight excluding hydrogens is 478 g/mol. The number of imide groups is 1. The molecule has 1 unspecified atom stereocenters. The van der Waals surface area contributed by atoms with Gasteiger partial charge in [-0.15, -0.1) is 5.10 Å². The lowest BCUT2D eigenvalue weighted by Crippen LogP contribution is -2.52. The summed E-state index contributed by atoms with van der Waals surface area (Å²) in [6, 6.07) is 9.71. The van der Waals surface area contributed by atoms with Gasteiger partial charge >= 0.3 is 0 Å². The molecule has 0 saturated carbocycles. The Hall–Kier alpha value is -4.87. The molecule has 12 heteroatoms. The highest BCUT2D eigenvalue weighted by Crippen LogP contribution is 2.29. The monoisotopic (exact) mass is 499 g/mol. The van der Waals surface area contributed by atoms with Gasteiger partial charge in [-0.1, -0.05) is 5.21 Å². The van der Waals surface area contributed by atoms with Crippen LogP contribution in [-0.2, 0) is 27.3 Å². The van der Waals surface area contributed by atoms with Crippen LogP contribution in [0.1, 0.15) is 51.2 Å². The van der Waals surface area contributed by atoms with Crippen molar-refractivity contribution in [2.75, 3.05) is 10.6 Å². The summed E-state index contributed by atoms with van der Waals surface area (Å²) in [5.41, 5.74) is 4.18. The molecule has 186 valence electrons. The van der Waals surface area contributed by atoms with Crippen molar-refractivity contribution >= 4 is 40.9 Å².